The second-order valence-corrected chi connectivity index (χ2v) is 7.08. The fourth-order valence-electron chi connectivity index (χ4n) is 4.09. The van der Waals surface area contributed by atoms with Gasteiger partial charge in [0.15, 0.2) is 5.82 Å². The molecule has 134 valence electrons. The number of aromatic nitrogens is 4. The van der Waals surface area contributed by atoms with E-state index in [1.807, 2.05) is 18.7 Å². The molecule has 1 amide bonds. The maximum Gasteiger partial charge on any atom is 0.259 e. The Balaban J connectivity index is 1.42. The largest absolute Gasteiger partial charge is 0.377 e. The van der Waals surface area contributed by atoms with Crippen LogP contribution in [-0.4, -0.2) is 56.9 Å². The highest BCUT2D eigenvalue weighted by molar-refractivity contribution is 5.96. The predicted molar refractivity (Wildman–Crippen MR) is 88.0 cm³/mol. The summed E-state index contributed by atoms with van der Waals surface area (Å²) < 4.78 is 11.2. The van der Waals surface area contributed by atoms with Crippen molar-refractivity contribution in [1.29, 1.82) is 0 Å². The highest BCUT2D eigenvalue weighted by Gasteiger charge is 2.42. The normalized spacial score (nSPS) is 26.0. The van der Waals surface area contributed by atoms with Gasteiger partial charge in [0.1, 0.15) is 17.1 Å². The Morgan fingerprint density at radius 2 is 2.20 bits per heavy atom. The number of hydrogen-bond donors (Lipinski definition) is 1. The van der Waals surface area contributed by atoms with Gasteiger partial charge < -0.3 is 14.2 Å². The highest BCUT2D eigenvalue weighted by atomic mass is 16.5. The lowest BCUT2D eigenvalue weighted by Gasteiger charge is -2.35. The number of amides is 1. The Kier molecular flexibility index (Phi) is 4.07. The highest BCUT2D eigenvalue weighted by Crippen LogP contribution is 2.36. The molecule has 0 aliphatic carbocycles. The van der Waals surface area contributed by atoms with Gasteiger partial charge in [-0.25, -0.2) is 4.98 Å². The molecule has 1 N–H and O–H groups in total. The summed E-state index contributed by atoms with van der Waals surface area (Å²) in [7, 11) is 0. The number of nitrogens with zero attached hydrogens (tertiary/aromatic N) is 4. The summed E-state index contributed by atoms with van der Waals surface area (Å²) in [5.74, 6) is 3.05. The third kappa shape index (κ3) is 2.95. The average Bonchev–Trinajstić information content (AvgIpc) is 3.27. The molecule has 0 bridgehead atoms. The molecule has 0 unspecified atom stereocenters. The summed E-state index contributed by atoms with van der Waals surface area (Å²) in [6.07, 6.45) is 1.80. The van der Waals surface area contributed by atoms with Crippen LogP contribution in [0, 0.1) is 32.6 Å². The number of aromatic amines is 1. The molecule has 2 fully saturated rings. The average molecular weight is 345 g/mol. The predicted octanol–water partition coefficient (Wildman–Crippen LogP) is 1.44. The van der Waals surface area contributed by atoms with Crippen LogP contribution in [-0.2, 0) is 11.2 Å². The van der Waals surface area contributed by atoms with Gasteiger partial charge in [-0.3, -0.25) is 9.89 Å². The summed E-state index contributed by atoms with van der Waals surface area (Å²) in [6, 6.07) is 0. The van der Waals surface area contributed by atoms with Crippen molar-refractivity contribution in [3.05, 3.63) is 28.7 Å². The second kappa shape index (κ2) is 6.25. The van der Waals surface area contributed by atoms with E-state index in [2.05, 4.69) is 20.3 Å². The molecule has 2 aliphatic rings. The molecule has 8 nitrogen and oxygen atoms in total. The van der Waals surface area contributed by atoms with Gasteiger partial charge in [-0.1, -0.05) is 5.16 Å². The van der Waals surface area contributed by atoms with Gasteiger partial charge in [0.05, 0.1) is 18.4 Å². The maximum atomic E-state index is 12.8. The van der Waals surface area contributed by atoms with E-state index in [1.165, 1.54) is 0 Å². The minimum Gasteiger partial charge on any atom is -0.377 e. The summed E-state index contributed by atoms with van der Waals surface area (Å²) in [5, 5.41) is 11.0. The number of H-pyrrole nitrogens is 1. The summed E-state index contributed by atoms with van der Waals surface area (Å²) in [6.45, 7) is 7.63. The van der Waals surface area contributed by atoms with Crippen LogP contribution in [0.2, 0.25) is 0 Å². The van der Waals surface area contributed by atoms with Crippen molar-refractivity contribution in [2.45, 2.75) is 39.7 Å². The molecule has 2 aliphatic heterocycles. The maximum absolute atomic E-state index is 12.8. The van der Waals surface area contributed by atoms with Crippen LogP contribution in [0.5, 0.6) is 0 Å². The molecule has 2 aromatic heterocycles. The molecule has 0 saturated carbocycles. The van der Waals surface area contributed by atoms with Gasteiger partial charge in [0.2, 0.25) is 0 Å². The van der Waals surface area contributed by atoms with Crippen molar-refractivity contribution in [2.75, 3.05) is 19.7 Å². The molecule has 4 rings (SSSR count). The molecule has 2 aromatic rings. The molecule has 0 spiro atoms. The topological polar surface area (TPSA) is 97.1 Å². The number of carbonyl (C=O) groups is 1. The first-order valence-electron chi connectivity index (χ1n) is 8.74. The van der Waals surface area contributed by atoms with Crippen LogP contribution in [0.4, 0.5) is 0 Å². The molecule has 8 heteroatoms. The van der Waals surface area contributed by atoms with Crippen LogP contribution in [0.1, 0.15) is 39.9 Å². The number of aryl methyl sites for hydroxylation is 3. The second-order valence-electron chi connectivity index (χ2n) is 7.08. The number of piperidine rings is 1. The lowest BCUT2D eigenvalue weighted by molar-refractivity contribution is 0.0607. The van der Waals surface area contributed by atoms with Crippen LogP contribution in [0.25, 0.3) is 0 Å². The van der Waals surface area contributed by atoms with E-state index in [0.717, 1.165) is 37.6 Å². The van der Waals surface area contributed by atoms with Gasteiger partial charge in [-0.05, 0) is 33.1 Å². The smallest absolute Gasteiger partial charge is 0.259 e. The van der Waals surface area contributed by atoms with Gasteiger partial charge in [-0.2, -0.15) is 5.10 Å². The third-order valence-corrected chi connectivity index (χ3v) is 5.36. The van der Waals surface area contributed by atoms with E-state index in [-0.39, 0.29) is 12.0 Å². The Labute approximate surface area is 145 Å². The van der Waals surface area contributed by atoms with Crippen LogP contribution in [0.3, 0.4) is 0 Å². The van der Waals surface area contributed by atoms with Crippen LogP contribution >= 0.6 is 0 Å². The van der Waals surface area contributed by atoms with E-state index in [4.69, 9.17) is 9.26 Å². The number of likely N-dealkylation sites (tertiary alicyclic amines) is 1. The molecule has 2 saturated heterocycles. The van der Waals surface area contributed by atoms with Crippen molar-refractivity contribution >= 4 is 5.91 Å². The summed E-state index contributed by atoms with van der Waals surface area (Å²) in [4.78, 5) is 19.1. The van der Waals surface area contributed by atoms with Crippen molar-refractivity contribution in [2.24, 2.45) is 11.8 Å². The van der Waals surface area contributed by atoms with Crippen molar-refractivity contribution in [3.63, 3.8) is 0 Å². The number of carbonyl (C=O) groups excluding carboxylic acids is 1. The number of fused-ring (bicyclic) bond motifs is 1. The van der Waals surface area contributed by atoms with E-state index in [0.29, 0.717) is 35.5 Å². The molecular formula is C17H23N5O3. The Morgan fingerprint density at radius 3 is 2.88 bits per heavy atom. The van der Waals surface area contributed by atoms with Crippen molar-refractivity contribution in [1.82, 2.24) is 25.2 Å². The monoisotopic (exact) mass is 345 g/mol. The molecule has 0 radical (unpaired) electrons. The quantitative estimate of drug-likeness (QED) is 0.904. The Bertz CT molecular complexity index is 764. The molecule has 3 atom stereocenters. The first kappa shape index (κ1) is 16.3. The number of ether oxygens (including phenoxy) is 1. The van der Waals surface area contributed by atoms with Gasteiger partial charge in [0.25, 0.3) is 5.91 Å². The minimum atomic E-state index is 0.0164. The van der Waals surface area contributed by atoms with Gasteiger partial charge >= 0.3 is 0 Å². The number of hydrogen-bond acceptors (Lipinski definition) is 6. The summed E-state index contributed by atoms with van der Waals surface area (Å²) in [5.41, 5.74) is 1.26. The fraction of sp³-hybridized carbons (Fsp3) is 0.647. The molecule has 25 heavy (non-hydrogen) atoms. The standard InChI is InChI=1S/C17H23N5O3/c1-9-16(10(2)25-21-9)17(23)22-5-4-13-12(7-22)8-24-14(13)6-15-18-11(3)19-20-15/h12-14H,4-8H2,1-3H3,(H,18,19,20)/t12-,13-,14+/m1/s1. The van der Waals surface area contributed by atoms with Crippen LogP contribution < -0.4 is 0 Å². The zero-order chi connectivity index (χ0) is 17.6. The minimum absolute atomic E-state index is 0.0164. The zero-order valence-corrected chi connectivity index (χ0v) is 14.8. The van der Waals surface area contributed by atoms with E-state index < -0.39 is 0 Å². The Hall–Kier alpha value is -2.22. The SMILES string of the molecule is Cc1nc(C[C@@H]2OC[C@H]3CN(C(=O)c4c(C)noc4C)CC[C@H]32)n[nH]1. The number of rotatable bonds is 3. The molecular weight excluding hydrogens is 322 g/mol. The fourth-order valence-corrected chi connectivity index (χ4v) is 4.09. The Morgan fingerprint density at radius 1 is 1.36 bits per heavy atom. The van der Waals surface area contributed by atoms with Crippen molar-refractivity contribution in [3.8, 4) is 0 Å². The summed E-state index contributed by atoms with van der Waals surface area (Å²) >= 11 is 0. The van der Waals surface area contributed by atoms with Crippen LogP contribution in [0.15, 0.2) is 4.52 Å². The molecule has 4 heterocycles. The van der Waals surface area contributed by atoms with E-state index in [1.54, 1.807) is 6.92 Å². The lowest BCUT2D eigenvalue weighted by Crippen LogP contribution is -2.45. The first-order valence-corrected chi connectivity index (χ1v) is 8.74. The molecule has 0 aromatic carbocycles. The third-order valence-electron chi connectivity index (χ3n) is 5.36. The first-order chi connectivity index (χ1) is 12.0. The number of nitrogens with one attached hydrogen (secondary N) is 1. The lowest BCUT2D eigenvalue weighted by atomic mass is 9.83. The van der Waals surface area contributed by atoms with E-state index in [9.17, 15) is 4.79 Å². The van der Waals surface area contributed by atoms with Crippen molar-refractivity contribution < 1.29 is 14.1 Å². The van der Waals surface area contributed by atoms with E-state index >= 15 is 0 Å². The van der Waals surface area contributed by atoms with Gasteiger partial charge in [-0.15, -0.1) is 0 Å². The van der Waals surface area contributed by atoms with Gasteiger partial charge in [0, 0.05) is 25.4 Å². The zero-order valence-electron chi connectivity index (χ0n) is 14.8.